The van der Waals surface area contributed by atoms with E-state index in [0.717, 1.165) is 13.0 Å². The van der Waals surface area contributed by atoms with Crippen molar-refractivity contribution in [3.05, 3.63) is 0 Å². The minimum absolute atomic E-state index is 0.0262. The van der Waals surface area contributed by atoms with Crippen LogP contribution in [0.4, 0.5) is 0 Å². The third-order valence-corrected chi connectivity index (χ3v) is 3.84. The third kappa shape index (κ3) is 1.83. The molecule has 0 aromatic rings. The van der Waals surface area contributed by atoms with Gasteiger partial charge in [-0.25, -0.2) is 0 Å². The highest BCUT2D eigenvalue weighted by atomic mass is 35.5. The summed E-state index contributed by atoms with van der Waals surface area (Å²) in [5, 5.41) is 8.80. The van der Waals surface area contributed by atoms with E-state index in [2.05, 4.69) is 0 Å². The summed E-state index contributed by atoms with van der Waals surface area (Å²) in [6.45, 7) is 1.43. The third-order valence-electron chi connectivity index (χ3n) is 3.61. The van der Waals surface area contributed by atoms with Crippen molar-refractivity contribution < 1.29 is 14.7 Å². The molecule has 0 atom stereocenters. The van der Waals surface area contributed by atoms with Crippen LogP contribution in [0.1, 0.15) is 19.3 Å². The molecule has 1 N–H and O–H groups in total. The van der Waals surface area contributed by atoms with Crippen LogP contribution in [0.3, 0.4) is 0 Å². The van der Waals surface area contributed by atoms with Crippen LogP contribution in [-0.4, -0.2) is 40.9 Å². The Kier molecular flexibility index (Phi) is 2.63. The number of halogens is 1. The molecule has 0 radical (unpaired) electrons. The monoisotopic (exact) mass is 231 g/mol. The number of likely N-dealkylation sites (tertiary alicyclic amines) is 1. The Morgan fingerprint density at radius 2 is 2.13 bits per heavy atom. The number of carbonyl (C=O) groups excluding carboxylic acids is 1. The molecule has 1 saturated carbocycles. The van der Waals surface area contributed by atoms with Gasteiger partial charge in [0, 0.05) is 13.1 Å². The normalized spacial score (nSPS) is 34.2. The summed E-state index contributed by atoms with van der Waals surface area (Å²) < 4.78 is 0. The van der Waals surface area contributed by atoms with E-state index >= 15 is 0 Å². The fourth-order valence-corrected chi connectivity index (χ4v) is 2.89. The van der Waals surface area contributed by atoms with Gasteiger partial charge in [0.25, 0.3) is 0 Å². The number of hydrogen-bond acceptors (Lipinski definition) is 2. The summed E-state index contributed by atoms with van der Waals surface area (Å²) in [6, 6.07) is 0. The quantitative estimate of drug-likeness (QED) is 0.720. The lowest BCUT2D eigenvalue weighted by Gasteiger charge is -2.42. The maximum atomic E-state index is 11.3. The Bertz CT molecular complexity index is 299. The van der Waals surface area contributed by atoms with E-state index in [4.69, 9.17) is 16.7 Å². The van der Waals surface area contributed by atoms with E-state index in [0.29, 0.717) is 19.4 Å². The van der Waals surface area contributed by atoms with E-state index in [1.54, 1.807) is 4.90 Å². The summed E-state index contributed by atoms with van der Waals surface area (Å²) in [4.78, 5) is 23.8. The van der Waals surface area contributed by atoms with E-state index < -0.39 is 5.97 Å². The first-order valence-corrected chi connectivity index (χ1v) is 5.66. The number of rotatable bonds is 2. The maximum absolute atomic E-state index is 11.3. The van der Waals surface area contributed by atoms with Gasteiger partial charge < -0.3 is 10.0 Å². The average molecular weight is 232 g/mol. The summed E-state index contributed by atoms with van der Waals surface area (Å²) in [7, 11) is 0. The van der Waals surface area contributed by atoms with Gasteiger partial charge in [-0.2, -0.15) is 0 Å². The van der Waals surface area contributed by atoms with E-state index in [-0.39, 0.29) is 23.1 Å². The fraction of sp³-hybridized carbons (Fsp3) is 0.800. The average Bonchev–Trinajstić information content (AvgIpc) is 2.58. The fourth-order valence-electron chi connectivity index (χ4n) is 2.73. The zero-order valence-electron chi connectivity index (χ0n) is 8.41. The van der Waals surface area contributed by atoms with Crippen LogP contribution in [0.25, 0.3) is 0 Å². The van der Waals surface area contributed by atoms with Crippen LogP contribution in [-0.2, 0) is 9.59 Å². The van der Waals surface area contributed by atoms with Crippen molar-refractivity contribution in [1.29, 1.82) is 0 Å². The summed E-state index contributed by atoms with van der Waals surface area (Å²) in [5.41, 5.74) is 0.0881. The molecular weight excluding hydrogens is 218 g/mol. The molecule has 0 aromatic heterocycles. The molecular formula is C10H14ClNO3. The minimum atomic E-state index is -0.706. The van der Waals surface area contributed by atoms with Crippen molar-refractivity contribution in [2.45, 2.75) is 19.3 Å². The molecule has 4 nitrogen and oxygen atoms in total. The maximum Gasteiger partial charge on any atom is 0.306 e. The van der Waals surface area contributed by atoms with Crippen molar-refractivity contribution in [2.24, 2.45) is 11.3 Å². The molecule has 0 unspecified atom stereocenters. The van der Waals surface area contributed by atoms with Gasteiger partial charge in [0.2, 0.25) is 5.91 Å². The molecule has 0 aromatic carbocycles. The summed E-state index contributed by atoms with van der Waals surface area (Å²) in [5.74, 6) is -0.913. The number of amides is 1. The Morgan fingerprint density at radius 3 is 2.67 bits per heavy atom. The number of alkyl halides is 1. The molecule has 84 valence electrons. The summed E-state index contributed by atoms with van der Waals surface area (Å²) in [6.07, 6.45) is 2.36. The molecule has 5 heteroatoms. The lowest BCUT2D eigenvalue weighted by atomic mass is 9.61. The van der Waals surface area contributed by atoms with Gasteiger partial charge in [-0.15, -0.1) is 11.6 Å². The number of aliphatic carboxylic acids is 1. The highest BCUT2D eigenvalue weighted by Crippen LogP contribution is 2.51. The second kappa shape index (κ2) is 3.67. The first kappa shape index (κ1) is 10.7. The van der Waals surface area contributed by atoms with Crippen LogP contribution in [0.5, 0.6) is 0 Å². The van der Waals surface area contributed by atoms with Crippen LogP contribution in [0, 0.1) is 11.3 Å². The van der Waals surface area contributed by atoms with Crippen LogP contribution < -0.4 is 0 Å². The molecule has 2 fully saturated rings. The van der Waals surface area contributed by atoms with E-state index in [1.807, 2.05) is 0 Å². The summed E-state index contributed by atoms with van der Waals surface area (Å²) >= 11 is 5.48. The molecule has 15 heavy (non-hydrogen) atoms. The predicted molar refractivity (Wildman–Crippen MR) is 54.7 cm³/mol. The molecule has 1 spiro atoms. The van der Waals surface area contributed by atoms with Crippen molar-refractivity contribution in [3.63, 3.8) is 0 Å². The Morgan fingerprint density at radius 1 is 1.47 bits per heavy atom. The smallest absolute Gasteiger partial charge is 0.306 e. The molecule has 1 amide bonds. The SMILES string of the molecule is O=C(O)C1CC2(CCN(C(=O)CCl)C2)C1. The second-order valence-electron chi connectivity index (χ2n) is 4.64. The zero-order chi connectivity index (χ0) is 11.1. The van der Waals surface area contributed by atoms with Crippen molar-refractivity contribution in [3.8, 4) is 0 Å². The lowest BCUT2D eigenvalue weighted by molar-refractivity contribution is -0.149. The number of carbonyl (C=O) groups is 2. The molecule has 1 heterocycles. The molecule has 1 aliphatic heterocycles. The van der Waals surface area contributed by atoms with Gasteiger partial charge in [-0.1, -0.05) is 0 Å². The number of nitrogens with zero attached hydrogens (tertiary/aromatic N) is 1. The highest BCUT2D eigenvalue weighted by Gasteiger charge is 2.51. The molecule has 0 bridgehead atoms. The Hall–Kier alpha value is -0.770. The number of hydrogen-bond donors (Lipinski definition) is 1. The van der Waals surface area contributed by atoms with Gasteiger partial charge in [-0.05, 0) is 24.7 Å². The predicted octanol–water partition coefficient (Wildman–Crippen LogP) is 0.938. The standard InChI is InChI=1S/C10H14ClNO3/c11-5-8(13)12-2-1-10(6-12)3-7(4-10)9(14)15/h7H,1-6H2,(H,14,15). The topological polar surface area (TPSA) is 57.6 Å². The first-order chi connectivity index (χ1) is 7.06. The zero-order valence-corrected chi connectivity index (χ0v) is 9.16. The van der Waals surface area contributed by atoms with Gasteiger partial charge in [0.15, 0.2) is 0 Å². The first-order valence-electron chi connectivity index (χ1n) is 5.13. The number of carboxylic acid groups (broad SMARTS) is 1. The second-order valence-corrected chi connectivity index (χ2v) is 4.91. The Labute approximate surface area is 93.2 Å². The Balaban J connectivity index is 1.89. The molecule has 2 aliphatic rings. The molecule has 1 saturated heterocycles. The van der Waals surface area contributed by atoms with E-state index in [9.17, 15) is 9.59 Å². The molecule has 2 rings (SSSR count). The van der Waals surface area contributed by atoms with Gasteiger partial charge in [-0.3, -0.25) is 9.59 Å². The van der Waals surface area contributed by atoms with Crippen LogP contribution >= 0.6 is 11.6 Å². The lowest BCUT2D eigenvalue weighted by Crippen LogP contribution is -2.44. The minimum Gasteiger partial charge on any atom is -0.481 e. The highest BCUT2D eigenvalue weighted by molar-refractivity contribution is 6.27. The van der Waals surface area contributed by atoms with Crippen molar-refractivity contribution in [2.75, 3.05) is 19.0 Å². The molecule has 1 aliphatic carbocycles. The van der Waals surface area contributed by atoms with Crippen LogP contribution in [0.15, 0.2) is 0 Å². The van der Waals surface area contributed by atoms with Crippen molar-refractivity contribution in [1.82, 2.24) is 4.90 Å². The van der Waals surface area contributed by atoms with Crippen LogP contribution in [0.2, 0.25) is 0 Å². The van der Waals surface area contributed by atoms with E-state index in [1.165, 1.54) is 0 Å². The van der Waals surface area contributed by atoms with Gasteiger partial charge in [0.1, 0.15) is 5.88 Å². The number of carboxylic acids is 1. The largest absolute Gasteiger partial charge is 0.481 e. The van der Waals surface area contributed by atoms with Crippen molar-refractivity contribution >= 4 is 23.5 Å². The van der Waals surface area contributed by atoms with Gasteiger partial charge in [0.05, 0.1) is 5.92 Å². The van der Waals surface area contributed by atoms with Gasteiger partial charge >= 0.3 is 5.97 Å².